The van der Waals surface area contributed by atoms with E-state index >= 15 is 0 Å². The number of benzene rings is 2. The Morgan fingerprint density at radius 1 is 0.784 bits per heavy atom. The average molecular weight is 665 g/mol. The first kappa shape index (κ1) is 34.9. The van der Waals surface area contributed by atoms with Gasteiger partial charge in [-0.15, -0.1) is 0 Å². The molecule has 0 fully saturated rings. The van der Waals surface area contributed by atoms with E-state index in [1.54, 1.807) is 0 Å². The molecule has 0 unspecified atom stereocenters. The second kappa shape index (κ2) is 16.0. The van der Waals surface area contributed by atoms with Gasteiger partial charge < -0.3 is 34.0 Å². The fourth-order valence-corrected chi connectivity index (χ4v) is 4.05. The molecule has 0 aliphatic heterocycles. The predicted octanol–water partition coefficient (Wildman–Crippen LogP) is 2.90. The molecule has 0 saturated carbocycles. The molecule has 1 aromatic heterocycles. The van der Waals surface area contributed by atoms with Gasteiger partial charge in [0.2, 0.25) is 0 Å². The maximum Gasteiger partial charge on any atom is 2.00 e. The zero-order valence-corrected chi connectivity index (χ0v) is 26.6. The third-order valence-corrected chi connectivity index (χ3v) is 5.87. The fraction of sp³-hybridized carbons (Fsp3) is 0.258. The predicted molar refractivity (Wildman–Crippen MR) is 149 cm³/mol. The molecule has 3 aromatic rings. The van der Waals surface area contributed by atoms with Crippen LogP contribution in [0.2, 0.25) is 0 Å². The van der Waals surface area contributed by atoms with Crippen molar-refractivity contribution in [2.45, 2.75) is 53.4 Å². The minimum absolute atomic E-state index is 0. The summed E-state index contributed by atoms with van der Waals surface area (Å²) < 4.78 is 0. The Morgan fingerprint density at radius 2 is 1.38 bits per heavy atom. The largest absolute Gasteiger partial charge is 2.00 e. The maximum absolute atomic E-state index is 5.14. The summed E-state index contributed by atoms with van der Waals surface area (Å²) in [5.74, 6) is 0.696. The van der Waals surface area contributed by atoms with E-state index in [-0.39, 0.29) is 51.0 Å². The average Bonchev–Trinajstić information content (AvgIpc) is 2.83. The van der Waals surface area contributed by atoms with Crippen LogP contribution in [0.1, 0.15) is 87.0 Å². The van der Waals surface area contributed by atoms with Gasteiger partial charge in [0.05, 0.1) is 34.2 Å². The van der Waals surface area contributed by atoms with Crippen molar-refractivity contribution in [2.24, 2.45) is 9.98 Å². The number of aromatic nitrogens is 1. The molecular formula is C31H35Br2FeN3. The second-order valence-electron chi connectivity index (χ2n) is 9.12. The molecule has 0 aliphatic carbocycles. The molecule has 2 aromatic carbocycles. The number of halogens is 2. The summed E-state index contributed by atoms with van der Waals surface area (Å²) in [5.41, 5.74) is 10.0. The van der Waals surface area contributed by atoms with Crippen LogP contribution in [0.4, 0.5) is 11.4 Å². The van der Waals surface area contributed by atoms with Gasteiger partial charge in [0.15, 0.2) is 0 Å². The number of aliphatic imine (C=N–C) groups is 2. The number of hydrogen-bond acceptors (Lipinski definition) is 3. The van der Waals surface area contributed by atoms with Crippen LogP contribution in [0.3, 0.4) is 0 Å². The van der Waals surface area contributed by atoms with Crippen molar-refractivity contribution in [1.82, 2.24) is 4.98 Å². The van der Waals surface area contributed by atoms with Crippen molar-refractivity contribution in [1.29, 1.82) is 0 Å². The Labute approximate surface area is 254 Å². The van der Waals surface area contributed by atoms with Crippen LogP contribution in [0.5, 0.6) is 0 Å². The molecule has 0 saturated heterocycles. The molecule has 37 heavy (non-hydrogen) atoms. The van der Waals surface area contributed by atoms with Crippen molar-refractivity contribution in [3.8, 4) is 0 Å². The Hall–Kier alpha value is -2.11. The molecule has 0 atom stereocenters. The van der Waals surface area contributed by atoms with Crippen molar-refractivity contribution in [2.75, 3.05) is 0 Å². The minimum atomic E-state index is 0. The molecule has 0 amide bonds. The van der Waals surface area contributed by atoms with Crippen LogP contribution in [0, 0.1) is 0 Å². The third-order valence-electron chi connectivity index (χ3n) is 5.87. The monoisotopic (exact) mass is 663 g/mol. The summed E-state index contributed by atoms with van der Waals surface area (Å²) in [7, 11) is 0. The first-order chi connectivity index (χ1) is 16.2. The molecule has 1 heterocycles. The number of rotatable bonds is 8. The normalized spacial score (nSPS) is 11.4. The molecule has 0 bridgehead atoms. The maximum atomic E-state index is 5.14. The fourth-order valence-electron chi connectivity index (χ4n) is 4.05. The zero-order chi connectivity index (χ0) is 24.8. The first-order valence-electron chi connectivity index (χ1n) is 11.8. The van der Waals surface area contributed by atoms with Crippen molar-refractivity contribution in [3.05, 3.63) is 101 Å². The van der Waals surface area contributed by atoms with E-state index in [4.69, 9.17) is 15.0 Å². The van der Waals surface area contributed by atoms with E-state index in [2.05, 4.69) is 53.0 Å². The Bertz CT molecular complexity index is 1280. The van der Waals surface area contributed by atoms with E-state index < -0.39 is 0 Å². The summed E-state index contributed by atoms with van der Waals surface area (Å²) in [6.07, 6.45) is 3.75. The second-order valence-corrected chi connectivity index (χ2v) is 9.12. The van der Waals surface area contributed by atoms with Gasteiger partial charge in [-0.05, 0) is 72.2 Å². The zero-order valence-electron chi connectivity index (χ0n) is 22.4. The summed E-state index contributed by atoms with van der Waals surface area (Å²) in [5, 5.41) is 0. The van der Waals surface area contributed by atoms with Crippen LogP contribution in [-0.2, 0) is 17.1 Å². The van der Waals surface area contributed by atoms with E-state index in [9.17, 15) is 0 Å². The molecule has 0 aliphatic rings. The molecule has 0 N–H and O–H groups in total. The topological polar surface area (TPSA) is 37.6 Å². The smallest absolute Gasteiger partial charge is 1.00 e. The molecule has 0 spiro atoms. The summed E-state index contributed by atoms with van der Waals surface area (Å²) in [6, 6.07) is 18.4. The van der Waals surface area contributed by atoms with E-state index in [0.717, 1.165) is 45.3 Å². The first-order valence-corrected chi connectivity index (χ1v) is 11.8. The van der Waals surface area contributed by atoms with Gasteiger partial charge in [0, 0.05) is 0 Å². The molecule has 196 valence electrons. The molecule has 6 heteroatoms. The quantitative estimate of drug-likeness (QED) is 0.270. The Balaban J connectivity index is 0.00000432. The van der Waals surface area contributed by atoms with Gasteiger partial charge in [0.25, 0.3) is 0 Å². The Kier molecular flexibility index (Phi) is 15.1. The molecular weight excluding hydrogens is 630 g/mol. The number of nitrogens with zero attached hydrogens (tertiary/aromatic N) is 3. The SMILES string of the molecule is C=Cc1cccc(/N=C(\C)c2cccc(/C(C)=N/c3c(C(C)C)ccc(C=C)c3C(C)C)n2)c1.[Br-].[Br-].[Fe+2]. The van der Waals surface area contributed by atoms with Gasteiger partial charge in [-0.3, -0.25) is 9.98 Å². The van der Waals surface area contributed by atoms with Crippen LogP contribution in [-0.4, -0.2) is 16.4 Å². The molecule has 3 rings (SSSR count). The van der Waals surface area contributed by atoms with Crippen molar-refractivity contribution < 1.29 is 51.0 Å². The van der Waals surface area contributed by atoms with Gasteiger partial charge in [-0.2, -0.15) is 0 Å². The van der Waals surface area contributed by atoms with Crippen LogP contribution < -0.4 is 34.0 Å². The van der Waals surface area contributed by atoms with Crippen molar-refractivity contribution in [3.63, 3.8) is 0 Å². The van der Waals surface area contributed by atoms with E-state index in [1.807, 2.05) is 68.5 Å². The van der Waals surface area contributed by atoms with Gasteiger partial charge in [-0.25, -0.2) is 4.98 Å². The number of hydrogen-bond donors (Lipinski definition) is 0. The van der Waals surface area contributed by atoms with Gasteiger partial charge >= 0.3 is 17.1 Å². The summed E-state index contributed by atoms with van der Waals surface area (Å²) in [4.78, 5) is 14.8. The summed E-state index contributed by atoms with van der Waals surface area (Å²) >= 11 is 0. The van der Waals surface area contributed by atoms with Gasteiger partial charge in [0.1, 0.15) is 0 Å². The number of pyridine rings is 1. The van der Waals surface area contributed by atoms with E-state index in [0.29, 0.717) is 11.8 Å². The van der Waals surface area contributed by atoms with Crippen LogP contribution >= 0.6 is 0 Å². The van der Waals surface area contributed by atoms with E-state index in [1.165, 1.54) is 11.1 Å². The Morgan fingerprint density at radius 3 is 1.92 bits per heavy atom. The molecule has 3 nitrogen and oxygen atoms in total. The van der Waals surface area contributed by atoms with Crippen LogP contribution in [0.25, 0.3) is 12.2 Å². The summed E-state index contributed by atoms with van der Waals surface area (Å²) in [6.45, 7) is 20.7. The van der Waals surface area contributed by atoms with Gasteiger partial charge in [-0.1, -0.05) is 83.3 Å². The minimum Gasteiger partial charge on any atom is -1.00 e. The molecule has 0 radical (unpaired) electrons. The standard InChI is InChI=1S/C31H35N3.2BrH.Fe/c1-9-24-13-11-14-26(19-24)32-22(7)28-15-12-16-29(34-28)23(8)33-31-27(20(3)4)18-17-25(10-2)30(31)21(5)6;;;/h9-21H,1-2H2,3-8H3;2*1H;/q;;;+2/p-2/b32-22+,33-23+;;;. The third kappa shape index (κ3) is 8.71. The van der Waals surface area contributed by atoms with Crippen LogP contribution in [0.15, 0.2) is 77.7 Å². The van der Waals surface area contributed by atoms with Crippen molar-refractivity contribution >= 4 is 35.0 Å².